The van der Waals surface area contributed by atoms with Gasteiger partial charge in [0.25, 0.3) is 0 Å². The third-order valence-corrected chi connectivity index (χ3v) is 3.87. The van der Waals surface area contributed by atoms with Gasteiger partial charge in [-0.1, -0.05) is 6.92 Å². The van der Waals surface area contributed by atoms with E-state index in [0.29, 0.717) is 24.1 Å². The van der Waals surface area contributed by atoms with E-state index in [9.17, 15) is 13.2 Å². The van der Waals surface area contributed by atoms with Gasteiger partial charge in [-0.05, 0) is 6.92 Å². The minimum Gasteiger partial charge on any atom is -0.298 e. The molecule has 0 aliphatic heterocycles. The van der Waals surface area contributed by atoms with Crippen LogP contribution >= 0.6 is 0 Å². The van der Waals surface area contributed by atoms with Crippen LogP contribution in [0, 0.1) is 6.92 Å². The van der Waals surface area contributed by atoms with Crippen LogP contribution in [-0.2, 0) is 16.4 Å². The van der Waals surface area contributed by atoms with E-state index >= 15 is 0 Å². The topological polar surface area (TPSA) is 69.0 Å². The summed E-state index contributed by atoms with van der Waals surface area (Å²) in [5.74, 6) is 0.191. The van der Waals surface area contributed by atoms with Crippen molar-refractivity contribution in [2.75, 3.05) is 11.5 Å². The van der Waals surface area contributed by atoms with Gasteiger partial charge in [-0.15, -0.1) is 0 Å². The third kappa shape index (κ3) is 3.16. The first-order chi connectivity index (χ1) is 6.98. The lowest BCUT2D eigenvalue weighted by Crippen LogP contribution is -2.14. The second-order valence-corrected chi connectivity index (χ2v) is 5.76. The lowest BCUT2D eigenvalue weighted by molar-refractivity contribution is 0.112. The molecule has 0 N–H and O–H groups in total. The molecule has 1 rings (SSSR count). The van der Waals surface area contributed by atoms with Gasteiger partial charge in [0.2, 0.25) is 0 Å². The Morgan fingerprint density at radius 3 is 2.67 bits per heavy atom. The molecule has 84 valence electrons. The second kappa shape index (κ2) is 4.57. The van der Waals surface area contributed by atoms with Gasteiger partial charge in [0.05, 0.1) is 23.6 Å². The summed E-state index contributed by atoms with van der Waals surface area (Å²) in [6.45, 7) is 3.62. The maximum Gasteiger partial charge on any atom is 0.153 e. The zero-order chi connectivity index (χ0) is 11.5. The van der Waals surface area contributed by atoms with E-state index in [1.54, 1.807) is 20.0 Å². The lowest BCUT2D eigenvalue weighted by atomic mass is 10.3. The number of hydrogen-bond donors (Lipinski definition) is 0. The predicted molar refractivity (Wildman–Crippen MR) is 56.7 cm³/mol. The SMILES string of the molecule is CCS(=O)(=O)CCn1cc(C=O)c(C)n1. The van der Waals surface area contributed by atoms with Crippen molar-refractivity contribution in [2.24, 2.45) is 0 Å². The highest BCUT2D eigenvalue weighted by molar-refractivity contribution is 7.91. The van der Waals surface area contributed by atoms with E-state index in [1.807, 2.05) is 0 Å². The number of sulfone groups is 1. The van der Waals surface area contributed by atoms with Gasteiger partial charge in [0.1, 0.15) is 0 Å². The van der Waals surface area contributed by atoms with Crippen molar-refractivity contribution in [1.82, 2.24) is 9.78 Å². The van der Waals surface area contributed by atoms with Crippen molar-refractivity contribution in [3.63, 3.8) is 0 Å². The molecule has 0 radical (unpaired) electrons. The maximum atomic E-state index is 11.2. The standard InChI is InChI=1S/C9H14N2O3S/c1-3-15(13,14)5-4-11-6-9(7-12)8(2)10-11/h6-7H,3-5H2,1-2H3. The van der Waals surface area contributed by atoms with Crippen LogP contribution in [0.15, 0.2) is 6.20 Å². The lowest BCUT2D eigenvalue weighted by Gasteiger charge is -2.01. The van der Waals surface area contributed by atoms with E-state index in [2.05, 4.69) is 5.10 Å². The zero-order valence-corrected chi connectivity index (χ0v) is 9.62. The Bertz CT molecular complexity index is 448. The van der Waals surface area contributed by atoms with Gasteiger partial charge in [-0.2, -0.15) is 5.10 Å². The van der Waals surface area contributed by atoms with Crippen molar-refractivity contribution in [1.29, 1.82) is 0 Å². The van der Waals surface area contributed by atoms with Gasteiger partial charge in [-0.25, -0.2) is 8.42 Å². The summed E-state index contributed by atoms with van der Waals surface area (Å²) in [7, 11) is -2.98. The van der Waals surface area contributed by atoms with E-state index < -0.39 is 9.84 Å². The van der Waals surface area contributed by atoms with Crippen molar-refractivity contribution < 1.29 is 13.2 Å². The Labute approximate surface area is 89.0 Å². The monoisotopic (exact) mass is 230 g/mol. The fraction of sp³-hybridized carbons (Fsp3) is 0.556. The van der Waals surface area contributed by atoms with E-state index in [0.717, 1.165) is 0 Å². The molecule has 0 bridgehead atoms. The highest BCUT2D eigenvalue weighted by Gasteiger charge is 2.09. The summed E-state index contributed by atoms with van der Waals surface area (Å²) in [6, 6.07) is 0. The Kier molecular flexibility index (Phi) is 3.62. The molecule has 6 heteroatoms. The summed E-state index contributed by atoms with van der Waals surface area (Å²) in [4.78, 5) is 10.5. The highest BCUT2D eigenvalue weighted by Crippen LogP contribution is 2.02. The molecule has 0 aliphatic carbocycles. The number of rotatable bonds is 5. The molecule has 0 aliphatic rings. The van der Waals surface area contributed by atoms with Crippen molar-refractivity contribution in [2.45, 2.75) is 20.4 Å². The molecule has 0 saturated heterocycles. The quantitative estimate of drug-likeness (QED) is 0.688. The van der Waals surface area contributed by atoms with Crippen LogP contribution in [0.3, 0.4) is 0 Å². The first kappa shape index (κ1) is 11.9. The Balaban J connectivity index is 2.70. The van der Waals surface area contributed by atoms with Crippen LogP contribution in [0.4, 0.5) is 0 Å². The molecular weight excluding hydrogens is 216 g/mol. The van der Waals surface area contributed by atoms with E-state index in [1.165, 1.54) is 4.68 Å². The minimum atomic E-state index is -2.98. The molecule has 0 atom stereocenters. The Morgan fingerprint density at radius 1 is 1.53 bits per heavy atom. The van der Waals surface area contributed by atoms with Gasteiger partial charge in [-0.3, -0.25) is 9.48 Å². The summed E-state index contributed by atoms with van der Waals surface area (Å²) in [5.41, 5.74) is 1.13. The molecule has 1 aromatic heterocycles. The first-order valence-corrected chi connectivity index (χ1v) is 6.50. The van der Waals surface area contributed by atoms with Gasteiger partial charge >= 0.3 is 0 Å². The number of nitrogens with zero attached hydrogens (tertiary/aromatic N) is 2. The van der Waals surface area contributed by atoms with Crippen LogP contribution in [-0.4, -0.2) is 36.0 Å². The molecule has 0 fully saturated rings. The number of aldehydes is 1. The van der Waals surface area contributed by atoms with E-state index in [-0.39, 0.29) is 11.5 Å². The molecule has 0 saturated carbocycles. The predicted octanol–water partition coefficient (Wildman–Crippen LogP) is 0.439. The van der Waals surface area contributed by atoms with Crippen molar-refractivity contribution in [3.8, 4) is 0 Å². The van der Waals surface area contributed by atoms with Crippen LogP contribution in [0.2, 0.25) is 0 Å². The normalized spacial score (nSPS) is 11.6. The van der Waals surface area contributed by atoms with Gasteiger partial charge < -0.3 is 0 Å². The Morgan fingerprint density at radius 2 is 2.20 bits per heavy atom. The van der Waals surface area contributed by atoms with Crippen LogP contribution in [0.25, 0.3) is 0 Å². The molecule has 0 amide bonds. The van der Waals surface area contributed by atoms with Crippen LogP contribution in [0.1, 0.15) is 23.0 Å². The molecule has 0 spiro atoms. The maximum absolute atomic E-state index is 11.2. The Hall–Kier alpha value is -1.17. The number of carbonyl (C=O) groups is 1. The third-order valence-electron chi connectivity index (χ3n) is 2.18. The molecule has 5 nitrogen and oxygen atoms in total. The van der Waals surface area contributed by atoms with Gasteiger partial charge in [0, 0.05) is 11.9 Å². The fourth-order valence-electron chi connectivity index (χ4n) is 1.14. The average Bonchev–Trinajstić information content (AvgIpc) is 2.56. The smallest absolute Gasteiger partial charge is 0.153 e. The number of aryl methyl sites for hydroxylation is 2. The fourth-order valence-corrected chi connectivity index (χ4v) is 1.89. The molecular formula is C9H14N2O3S. The van der Waals surface area contributed by atoms with Crippen LogP contribution < -0.4 is 0 Å². The number of carbonyl (C=O) groups excluding carboxylic acids is 1. The second-order valence-electron chi connectivity index (χ2n) is 3.29. The molecule has 15 heavy (non-hydrogen) atoms. The summed E-state index contributed by atoms with van der Waals surface area (Å²) >= 11 is 0. The van der Waals surface area contributed by atoms with E-state index in [4.69, 9.17) is 0 Å². The molecule has 1 aromatic rings. The van der Waals surface area contributed by atoms with Gasteiger partial charge in [0.15, 0.2) is 16.1 Å². The highest BCUT2D eigenvalue weighted by atomic mass is 32.2. The number of aromatic nitrogens is 2. The summed E-state index contributed by atoms with van der Waals surface area (Å²) in [6.07, 6.45) is 2.28. The number of hydrogen-bond acceptors (Lipinski definition) is 4. The van der Waals surface area contributed by atoms with Crippen molar-refractivity contribution in [3.05, 3.63) is 17.5 Å². The first-order valence-electron chi connectivity index (χ1n) is 4.68. The summed E-state index contributed by atoms with van der Waals surface area (Å²) in [5, 5.41) is 4.04. The van der Waals surface area contributed by atoms with Crippen LogP contribution in [0.5, 0.6) is 0 Å². The molecule has 0 aromatic carbocycles. The van der Waals surface area contributed by atoms with Crippen molar-refractivity contribution >= 4 is 16.1 Å². The average molecular weight is 230 g/mol. The molecule has 0 unspecified atom stereocenters. The molecule has 1 heterocycles. The summed E-state index contributed by atoms with van der Waals surface area (Å²) < 4.78 is 23.9. The zero-order valence-electron chi connectivity index (χ0n) is 8.80. The minimum absolute atomic E-state index is 0.0584. The largest absolute Gasteiger partial charge is 0.298 e.